The lowest BCUT2D eigenvalue weighted by Crippen LogP contribution is -2.12. The van der Waals surface area contributed by atoms with Crippen LogP contribution in [-0.4, -0.2) is 16.8 Å². The van der Waals surface area contributed by atoms with Crippen LogP contribution in [0.4, 0.5) is 4.39 Å². The zero-order valence-corrected chi connectivity index (χ0v) is 8.30. The van der Waals surface area contributed by atoms with Gasteiger partial charge in [-0.2, -0.15) is 0 Å². The summed E-state index contributed by atoms with van der Waals surface area (Å²) in [6, 6.07) is 3.64. The fraction of sp³-hybridized carbons (Fsp3) is 0.333. The highest BCUT2D eigenvalue weighted by atomic mass is 35.5. The van der Waals surface area contributed by atoms with Crippen LogP contribution < -0.4 is 5.73 Å². The van der Waals surface area contributed by atoms with E-state index in [1.807, 2.05) is 0 Å². The molecule has 0 aromatic heterocycles. The summed E-state index contributed by atoms with van der Waals surface area (Å²) >= 11 is 0. The summed E-state index contributed by atoms with van der Waals surface area (Å²) in [5, 5.41) is 17.9. The summed E-state index contributed by atoms with van der Waals surface area (Å²) < 4.78 is 12.8. The molecule has 0 radical (unpaired) electrons. The van der Waals surface area contributed by atoms with Crippen LogP contribution in [0.2, 0.25) is 0 Å². The molecule has 0 saturated carbocycles. The number of rotatable bonds is 3. The Morgan fingerprint density at radius 2 is 2.07 bits per heavy atom. The van der Waals surface area contributed by atoms with Crippen molar-refractivity contribution in [1.29, 1.82) is 0 Å². The second-order valence-corrected chi connectivity index (χ2v) is 2.80. The number of phenolic OH excluding ortho intramolecular Hbond substituents is 1. The predicted octanol–water partition coefficient (Wildman–Crippen LogP) is 1.34. The molecule has 1 unspecified atom stereocenters. The molecule has 0 aliphatic rings. The normalized spacial score (nSPS) is 11.9. The minimum atomic E-state index is -0.689. The van der Waals surface area contributed by atoms with E-state index < -0.39 is 17.6 Å². The van der Waals surface area contributed by atoms with Crippen molar-refractivity contribution in [3.63, 3.8) is 0 Å². The molecule has 5 heteroatoms. The molecule has 1 rings (SSSR count). The maximum Gasteiger partial charge on any atom is 0.165 e. The van der Waals surface area contributed by atoms with Crippen LogP contribution in [0.15, 0.2) is 18.2 Å². The monoisotopic (exact) mass is 221 g/mol. The topological polar surface area (TPSA) is 66.5 Å². The lowest BCUT2D eigenvalue weighted by molar-refractivity contribution is 0.275. The van der Waals surface area contributed by atoms with Crippen LogP contribution in [0.3, 0.4) is 0 Å². The molecule has 0 amide bonds. The lowest BCUT2D eigenvalue weighted by Gasteiger charge is -2.11. The third-order valence-electron chi connectivity index (χ3n) is 1.86. The highest BCUT2D eigenvalue weighted by molar-refractivity contribution is 5.85. The van der Waals surface area contributed by atoms with E-state index in [1.54, 1.807) is 6.07 Å². The van der Waals surface area contributed by atoms with E-state index in [-0.39, 0.29) is 19.0 Å². The van der Waals surface area contributed by atoms with E-state index in [1.165, 1.54) is 6.07 Å². The molecular weight excluding hydrogens is 209 g/mol. The van der Waals surface area contributed by atoms with E-state index in [2.05, 4.69) is 0 Å². The first kappa shape index (κ1) is 13.2. The molecule has 0 saturated heterocycles. The van der Waals surface area contributed by atoms with Crippen molar-refractivity contribution in [1.82, 2.24) is 0 Å². The third-order valence-corrected chi connectivity index (χ3v) is 1.86. The fourth-order valence-corrected chi connectivity index (χ4v) is 1.13. The van der Waals surface area contributed by atoms with Gasteiger partial charge in [0.25, 0.3) is 0 Å². The summed E-state index contributed by atoms with van der Waals surface area (Å²) in [4.78, 5) is 0. The fourth-order valence-electron chi connectivity index (χ4n) is 1.13. The highest BCUT2D eigenvalue weighted by Crippen LogP contribution is 2.26. The van der Waals surface area contributed by atoms with Crippen LogP contribution in [0.25, 0.3) is 0 Å². The summed E-state index contributed by atoms with van der Waals surface area (Å²) in [6.07, 6.45) is 0.303. The van der Waals surface area contributed by atoms with Gasteiger partial charge >= 0.3 is 0 Å². The number of hydrogen-bond donors (Lipinski definition) is 3. The average molecular weight is 222 g/mol. The van der Waals surface area contributed by atoms with Crippen molar-refractivity contribution in [2.75, 3.05) is 6.61 Å². The Labute approximate surface area is 87.8 Å². The van der Waals surface area contributed by atoms with Gasteiger partial charge < -0.3 is 15.9 Å². The first-order valence-corrected chi connectivity index (χ1v) is 4.00. The van der Waals surface area contributed by atoms with Crippen molar-refractivity contribution in [2.45, 2.75) is 12.5 Å². The summed E-state index contributed by atoms with van der Waals surface area (Å²) in [5.41, 5.74) is 5.92. The number of phenols is 1. The molecule has 1 atom stereocenters. The molecule has 0 heterocycles. The van der Waals surface area contributed by atoms with Gasteiger partial charge in [-0.25, -0.2) is 4.39 Å². The van der Waals surface area contributed by atoms with Gasteiger partial charge in [-0.3, -0.25) is 0 Å². The molecule has 1 aromatic rings. The largest absolute Gasteiger partial charge is 0.505 e. The molecule has 0 bridgehead atoms. The Kier molecular flexibility index (Phi) is 5.45. The Morgan fingerprint density at radius 1 is 1.43 bits per heavy atom. The van der Waals surface area contributed by atoms with Crippen LogP contribution in [0.5, 0.6) is 5.75 Å². The Hall–Kier alpha value is -0.840. The Balaban J connectivity index is 0.00000169. The number of para-hydroxylation sites is 1. The standard InChI is InChI=1S/C9H12FNO2.ClH/c10-7-3-1-2-6(9(7)13)8(11)4-5-12;/h1-3,8,12-13H,4-5,11H2;1H. The van der Waals surface area contributed by atoms with Gasteiger partial charge in [-0.05, 0) is 12.5 Å². The first-order valence-electron chi connectivity index (χ1n) is 4.00. The second-order valence-electron chi connectivity index (χ2n) is 2.80. The molecule has 4 N–H and O–H groups in total. The van der Waals surface area contributed by atoms with Gasteiger partial charge in [-0.1, -0.05) is 12.1 Å². The van der Waals surface area contributed by atoms with Crippen molar-refractivity contribution in [3.8, 4) is 5.75 Å². The predicted molar refractivity (Wildman–Crippen MR) is 53.9 cm³/mol. The molecule has 0 aliphatic carbocycles. The number of halogens is 2. The van der Waals surface area contributed by atoms with E-state index in [4.69, 9.17) is 10.8 Å². The molecule has 0 aliphatic heterocycles. The van der Waals surface area contributed by atoms with Gasteiger partial charge in [0.1, 0.15) is 0 Å². The molecule has 0 spiro atoms. The van der Waals surface area contributed by atoms with Crippen LogP contribution in [0.1, 0.15) is 18.0 Å². The summed E-state index contributed by atoms with van der Waals surface area (Å²) in [7, 11) is 0. The maximum atomic E-state index is 12.8. The zero-order chi connectivity index (χ0) is 9.84. The molecular formula is C9H13ClFNO2. The van der Waals surface area contributed by atoms with E-state index in [0.717, 1.165) is 6.07 Å². The average Bonchev–Trinajstić information content (AvgIpc) is 2.10. The minimum absolute atomic E-state index is 0. The Morgan fingerprint density at radius 3 is 2.64 bits per heavy atom. The van der Waals surface area contributed by atoms with Crippen molar-refractivity contribution in [3.05, 3.63) is 29.6 Å². The van der Waals surface area contributed by atoms with Crippen molar-refractivity contribution < 1.29 is 14.6 Å². The lowest BCUT2D eigenvalue weighted by atomic mass is 10.0. The number of hydrogen-bond acceptors (Lipinski definition) is 3. The second kappa shape index (κ2) is 5.80. The third kappa shape index (κ3) is 2.83. The molecule has 3 nitrogen and oxygen atoms in total. The van der Waals surface area contributed by atoms with Crippen LogP contribution in [0, 0.1) is 5.82 Å². The van der Waals surface area contributed by atoms with Crippen LogP contribution >= 0.6 is 12.4 Å². The van der Waals surface area contributed by atoms with Crippen molar-refractivity contribution in [2.24, 2.45) is 5.73 Å². The molecule has 1 aromatic carbocycles. The van der Waals surface area contributed by atoms with Gasteiger partial charge in [0.05, 0.1) is 0 Å². The number of nitrogens with two attached hydrogens (primary N) is 1. The van der Waals surface area contributed by atoms with Gasteiger partial charge in [0.15, 0.2) is 11.6 Å². The van der Waals surface area contributed by atoms with Gasteiger partial charge in [-0.15, -0.1) is 12.4 Å². The van der Waals surface area contributed by atoms with Crippen LogP contribution in [-0.2, 0) is 0 Å². The van der Waals surface area contributed by atoms with E-state index in [9.17, 15) is 9.50 Å². The highest BCUT2D eigenvalue weighted by Gasteiger charge is 2.12. The Bertz CT molecular complexity index is 296. The number of aliphatic hydroxyl groups is 1. The van der Waals surface area contributed by atoms with Gasteiger partial charge in [0, 0.05) is 18.2 Å². The molecule has 0 fully saturated rings. The molecule has 80 valence electrons. The van der Waals surface area contributed by atoms with E-state index in [0.29, 0.717) is 12.0 Å². The van der Waals surface area contributed by atoms with Gasteiger partial charge in [0.2, 0.25) is 0 Å². The quantitative estimate of drug-likeness (QED) is 0.722. The SMILES string of the molecule is Cl.NC(CCO)c1cccc(F)c1O. The summed E-state index contributed by atoms with van der Waals surface area (Å²) in [5.74, 6) is -1.12. The summed E-state index contributed by atoms with van der Waals surface area (Å²) in [6.45, 7) is -0.0862. The minimum Gasteiger partial charge on any atom is -0.505 e. The number of aliphatic hydroxyl groups excluding tert-OH is 1. The van der Waals surface area contributed by atoms with E-state index >= 15 is 0 Å². The smallest absolute Gasteiger partial charge is 0.165 e. The zero-order valence-electron chi connectivity index (χ0n) is 7.48. The maximum absolute atomic E-state index is 12.8. The first-order chi connectivity index (χ1) is 6.16. The number of aromatic hydroxyl groups is 1. The molecule has 14 heavy (non-hydrogen) atoms. The number of benzene rings is 1. The van der Waals surface area contributed by atoms with Crippen molar-refractivity contribution >= 4 is 12.4 Å².